The molecule has 2 aromatic rings. The Morgan fingerprint density at radius 3 is 2.18 bits per heavy atom. The Hall–Kier alpha value is -1.73. The van der Waals surface area contributed by atoms with E-state index in [9.17, 15) is 21.6 Å². The van der Waals surface area contributed by atoms with Crippen molar-refractivity contribution in [1.82, 2.24) is 0 Å². The Morgan fingerprint density at radius 2 is 1.64 bits per heavy atom. The first-order chi connectivity index (χ1) is 10.1. The highest BCUT2D eigenvalue weighted by Gasteiger charge is 2.31. The lowest BCUT2D eigenvalue weighted by atomic mass is 10.1. The van der Waals surface area contributed by atoms with E-state index in [1.54, 1.807) is 0 Å². The van der Waals surface area contributed by atoms with E-state index < -0.39 is 21.8 Å². The number of sulfonamides is 1. The molecule has 2 rings (SSSR count). The van der Waals surface area contributed by atoms with Crippen molar-refractivity contribution in [3.63, 3.8) is 0 Å². The maximum atomic E-state index is 12.7. The van der Waals surface area contributed by atoms with Crippen molar-refractivity contribution in [3.05, 3.63) is 58.6 Å². The number of rotatable bonds is 3. The zero-order valence-electron chi connectivity index (χ0n) is 11.3. The summed E-state index contributed by atoms with van der Waals surface area (Å²) in [5, 5.41) is 0.356. The fourth-order valence-electron chi connectivity index (χ4n) is 1.73. The van der Waals surface area contributed by atoms with E-state index in [0.717, 1.165) is 12.1 Å². The summed E-state index contributed by atoms with van der Waals surface area (Å²) in [5.74, 6) is 0. The van der Waals surface area contributed by atoms with Gasteiger partial charge in [0.1, 0.15) is 0 Å². The lowest BCUT2D eigenvalue weighted by molar-refractivity contribution is -0.137. The van der Waals surface area contributed by atoms with Gasteiger partial charge in [0.2, 0.25) is 0 Å². The van der Waals surface area contributed by atoms with Crippen molar-refractivity contribution in [1.29, 1.82) is 0 Å². The third kappa shape index (κ3) is 3.72. The summed E-state index contributed by atoms with van der Waals surface area (Å²) < 4.78 is 64.7. The molecular weight excluding hydrogens is 339 g/mol. The number of halogens is 4. The molecule has 0 amide bonds. The Balaban J connectivity index is 2.39. The molecule has 0 heterocycles. The third-order valence-electron chi connectivity index (χ3n) is 2.93. The molecule has 8 heteroatoms. The molecule has 0 atom stereocenters. The van der Waals surface area contributed by atoms with Gasteiger partial charge in [0, 0.05) is 5.02 Å². The van der Waals surface area contributed by atoms with E-state index >= 15 is 0 Å². The summed E-state index contributed by atoms with van der Waals surface area (Å²) in [5.41, 5.74) is -0.665. The van der Waals surface area contributed by atoms with Crippen LogP contribution in [0.3, 0.4) is 0 Å². The molecule has 3 nitrogen and oxygen atoms in total. The van der Waals surface area contributed by atoms with E-state index in [-0.39, 0.29) is 10.6 Å². The predicted molar refractivity (Wildman–Crippen MR) is 78.4 cm³/mol. The monoisotopic (exact) mass is 349 g/mol. The van der Waals surface area contributed by atoms with Crippen LogP contribution in [0.2, 0.25) is 5.02 Å². The van der Waals surface area contributed by atoms with Crippen LogP contribution >= 0.6 is 11.6 Å². The summed E-state index contributed by atoms with van der Waals surface area (Å²) in [4.78, 5) is -0.0892. The van der Waals surface area contributed by atoms with Crippen molar-refractivity contribution >= 4 is 27.3 Å². The molecule has 0 bridgehead atoms. The highest BCUT2D eigenvalue weighted by molar-refractivity contribution is 7.92. The number of benzene rings is 2. The highest BCUT2D eigenvalue weighted by Crippen LogP contribution is 2.32. The predicted octanol–water partition coefficient (Wildman–Crippen LogP) is 4.47. The molecule has 2 aromatic carbocycles. The average molecular weight is 350 g/mol. The minimum atomic E-state index is -4.55. The van der Waals surface area contributed by atoms with Gasteiger partial charge < -0.3 is 0 Å². The molecule has 0 spiro atoms. The van der Waals surface area contributed by atoms with Gasteiger partial charge in [0.05, 0.1) is 16.1 Å². The Bertz CT molecular complexity index is 787. The summed E-state index contributed by atoms with van der Waals surface area (Å²) in [6.07, 6.45) is -4.55. The van der Waals surface area contributed by atoms with Gasteiger partial charge in [-0.15, -0.1) is 0 Å². The van der Waals surface area contributed by atoms with Gasteiger partial charge in [0.15, 0.2) is 0 Å². The first kappa shape index (κ1) is 16.6. The molecule has 0 radical (unpaired) electrons. The van der Waals surface area contributed by atoms with Crippen LogP contribution in [0.1, 0.15) is 11.1 Å². The number of alkyl halides is 3. The van der Waals surface area contributed by atoms with Crippen LogP contribution in [0.4, 0.5) is 18.9 Å². The van der Waals surface area contributed by atoms with Crippen LogP contribution in [0.25, 0.3) is 0 Å². The summed E-state index contributed by atoms with van der Waals surface area (Å²) in [7, 11) is -3.99. The molecule has 0 saturated heterocycles. The zero-order valence-corrected chi connectivity index (χ0v) is 12.9. The Kier molecular flexibility index (Phi) is 4.39. The van der Waals surface area contributed by atoms with E-state index in [2.05, 4.69) is 4.72 Å². The third-order valence-corrected chi connectivity index (χ3v) is 4.57. The van der Waals surface area contributed by atoms with E-state index in [0.29, 0.717) is 10.6 Å². The number of hydrogen-bond acceptors (Lipinski definition) is 2. The molecular formula is C14H11ClF3NO2S. The second-order valence-electron chi connectivity index (χ2n) is 4.59. The van der Waals surface area contributed by atoms with Crippen molar-refractivity contribution in [3.8, 4) is 0 Å². The molecule has 0 saturated carbocycles. The standard InChI is InChI=1S/C14H11ClF3NO2S/c1-9-2-3-10(14(16,17)18)8-13(9)19-22(20,21)12-6-4-11(15)5-7-12/h2-8,19H,1H3. The largest absolute Gasteiger partial charge is 0.416 e. The fraction of sp³-hybridized carbons (Fsp3) is 0.143. The minimum absolute atomic E-state index is 0.0892. The minimum Gasteiger partial charge on any atom is -0.279 e. The van der Waals surface area contributed by atoms with Crippen LogP contribution in [-0.2, 0) is 16.2 Å². The molecule has 1 N–H and O–H groups in total. The smallest absolute Gasteiger partial charge is 0.279 e. The Morgan fingerprint density at radius 1 is 1.05 bits per heavy atom. The quantitative estimate of drug-likeness (QED) is 0.888. The summed E-state index contributed by atoms with van der Waals surface area (Å²) in [6, 6.07) is 8.19. The van der Waals surface area contributed by atoms with Crippen molar-refractivity contribution in [2.45, 2.75) is 18.0 Å². The molecule has 0 aliphatic heterocycles. The molecule has 0 aliphatic rings. The van der Waals surface area contributed by atoms with Gasteiger partial charge in [-0.1, -0.05) is 17.7 Å². The van der Waals surface area contributed by atoms with E-state index in [1.807, 2.05) is 0 Å². The lowest BCUT2D eigenvalue weighted by Crippen LogP contribution is -2.15. The van der Waals surface area contributed by atoms with Crippen LogP contribution in [0, 0.1) is 6.92 Å². The van der Waals surface area contributed by atoms with Gasteiger partial charge in [-0.3, -0.25) is 4.72 Å². The molecule has 0 unspecified atom stereocenters. The second-order valence-corrected chi connectivity index (χ2v) is 6.71. The summed E-state index contributed by atoms with van der Waals surface area (Å²) >= 11 is 5.68. The SMILES string of the molecule is Cc1ccc(C(F)(F)F)cc1NS(=O)(=O)c1ccc(Cl)cc1. The number of aryl methyl sites for hydroxylation is 1. The first-order valence-electron chi connectivity index (χ1n) is 6.06. The molecule has 118 valence electrons. The van der Waals surface area contributed by atoms with Crippen LogP contribution in [0.5, 0.6) is 0 Å². The summed E-state index contributed by atoms with van der Waals surface area (Å²) in [6.45, 7) is 1.51. The highest BCUT2D eigenvalue weighted by atomic mass is 35.5. The number of hydrogen-bond donors (Lipinski definition) is 1. The maximum absolute atomic E-state index is 12.7. The lowest BCUT2D eigenvalue weighted by Gasteiger charge is -2.13. The zero-order chi connectivity index (χ0) is 16.5. The van der Waals surface area contributed by atoms with Gasteiger partial charge >= 0.3 is 6.18 Å². The maximum Gasteiger partial charge on any atom is 0.416 e. The normalized spacial score (nSPS) is 12.2. The van der Waals surface area contributed by atoms with E-state index in [1.165, 1.54) is 37.3 Å². The first-order valence-corrected chi connectivity index (χ1v) is 7.92. The van der Waals surface area contributed by atoms with Crippen molar-refractivity contribution in [2.24, 2.45) is 0 Å². The van der Waals surface area contributed by atoms with E-state index in [4.69, 9.17) is 11.6 Å². The van der Waals surface area contributed by atoms with Gasteiger partial charge in [0.25, 0.3) is 10.0 Å². The average Bonchev–Trinajstić information content (AvgIpc) is 2.40. The van der Waals surface area contributed by atoms with Crippen LogP contribution in [0.15, 0.2) is 47.4 Å². The van der Waals surface area contributed by atoms with Gasteiger partial charge in [-0.05, 0) is 48.9 Å². The molecule has 0 aromatic heterocycles. The van der Waals surface area contributed by atoms with Gasteiger partial charge in [-0.2, -0.15) is 13.2 Å². The van der Waals surface area contributed by atoms with Crippen molar-refractivity contribution < 1.29 is 21.6 Å². The molecule has 22 heavy (non-hydrogen) atoms. The van der Waals surface area contributed by atoms with Gasteiger partial charge in [-0.25, -0.2) is 8.42 Å². The van der Waals surface area contributed by atoms with Crippen molar-refractivity contribution in [2.75, 3.05) is 4.72 Å². The Labute approximate surface area is 130 Å². The topological polar surface area (TPSA) is 46.2 Å². The second kappa shape index (κ2) is 5.81. The molecule has 0 fully saturated rings. The fourth-order valence-corrected chi connectivity index (χ4v) is 2.97. The molecule has 0 aliphatic carbocycles. The number of anilines is 1. The van der Waals surface area contributed by atoms with Crippen LogP contribution in [-0.4, -0.2) is 8.42 Å². The number of nitrogens with one attached hydrogen (secondary N) is 1. The van der Waals surface area contributed by atoms with Crippen LogP contribution < -0.4 is 4.72 Å².